The monoisotopic (exact) mass is 268 g/mol. The lowest BCUT2D eigenvalue weighted by Gasteiger charge is -2.51. The van der Waals surface area contributed by atoms with Gasteiger partial charge >= 0.3 is 0 Å². The minimum atomic E-state index is 0.244. The Balaban J connectivity index is 2.10. The molecule has 3 unspecified atom stereocenters. The molecular formula is C16H32N2O. The van der Waals surface area contributed by atoms with Gasteiger partial charge in [0, 0.05) is 25.2 Å². The Morgan fingerprint density at radius 2 is 2.05 bits per heavy atom. The van der Waals surface area contributed by atoms with Gasteiger partial charge in [0.2, 0.25) is 0 Å². The first kappa shape index (κ1) is 15.3. The minimum absolute atomic E-state index is 0.244. The summed E-state index contributed by atoms with van der Waals surface area (Å²) in [5.41, 5.74) is 6.52. The molecule has 3 nitrogen and oxygen atoms in total. The first-order chi connectivity index (χ1) is 9.26. The lowest BCUT2D eigenvalue weighted by molar-refractivity contribution is -0.0261. The molecule has 19 heavy (non-hydrogen) atoms. The molecule has 0 bridgehead atoms. The number of nitrogens with two attached hydrogens (primary N) is 1. The first-order valence-corrected chi connectivity index (χ1v) is 8.33. The molecule has 112 valence electrons. The smallest absolute Gasteiger partial charge is 0.0703 e. The second kappa shape index (κ2) is 7.05. The van der Waals surface area contributed by atoms with Crippen LogP contribution in [0.1, 0.15) is 58.8 Å². The standard InChI is InChI=1S/C16H32N2O/c1-3-14-8-5-6-10-16(14,13-17)18(4-2)12-15-9-7-11-19-15/h14-15H,3-13,17H2,1-2H3. The zero-order chi connectivity index (χ0) is 13.7. The van der Waals surface area contributed by atoms with E-state index < -0.39 is 0 Å². The van der Waals surface area contributed by atoms with E-state index in [2.05, 4.69) is 18.7 Å². The summed E-state index contributed by atoms with van der Waals surface area (Å²) in [5, 5.41) is 0. The van der Waals surface area contributed by atoms with Crippen molar-refractivity contribution in [1.82, 2.24) is 4.90 Å². The Labute approximate surface area is 118 Å². The van der Waals surface area contributed by atoms with Crippen LogP contribution < -0.4 is 5.73 Å². The van der Waals surface area contributed by atoms with Gasteiger partial charge in [-0.15, -0.1) is 0 Å². The lowest BCUT2D eigenvalue weighted by atomic mass is 9.70. The zero-order valence-electron chi connectivity index (χ0n) is 12.9. The fourth-order valence-corrected chi connectivity index (χ4v) is 4.35. The van der Waals surface area contributed by atoms with Gasteiger partial charge in [-0.05, 0) is 38.1 Å². The van der Waals surface area contributed by atoms with E-state index >= 15 is 0 Å². The molecule has 0 spiro atoms. The fraction of sp³-hybridized carbons (Fsp3) is 1.00. The summed E-state index contributed by atoms with van der Waals surface area (Å²) in [6.45, 7) is 8.58. The van der Waals surface area contributed by atoms with E-state index in [4.69, 9.17) is 10.5 Å². The lowest BCUT2D eigenvalue weighted by Crippen LogP contribution is -2.61. The van der Waals surface area contributed by atoms with Crippen molar-refractivity contribution in [3.05, 3.63) is 0 Å². The molecule has 0 amide bonds. The normalized spacial score (nSPS) is 36.0. The summed E-state index contributed by atoms with van der Waals surface area (Å²) < 4.78 is 5.85. The van der Waals surface area contributed by atoms with Gasteiger partial charge in [0.15, 0.2) is 0 Å². The summed E-state index contributed by atoms with van der Waals surface area (Å²) in [4.78, 5) is 2.66. The minimum Gasteiger partial charge on any atom is -0.377 e. The van der Waals surface area contributed by atoms with Gasteiger partial charge in [0.05, 0.1) is 6.10 Å². The molecule has 3 heteroatoms. The van der Waals surface area contributed by atoms with Crippen LogP contribution in [0.15, 0.2) is 0 Å². The summed E-state index contributed by atoms with van der Waals surface area (Å²) >= 11 is 0. The Morgan fingerprint density at radius 3 is 2.63 bits per heavy atom. The van der Waals surface area contributed by atoms with Crippen LogP contribution in [0.3, 0.4) is 0 Å². The van der Waals surface area contributed by atoms with Crippen molar-refractivity contribution in [2.75, 3.05) is 26.2 Å². The van der Waals surface area contributed by atoms with Crippen molar-refractivity contribution in [1.29, 1.82) is 0 Å². The number of likely N-dealkylation sites (N-methyl/N-ethyl adjacent to an activating group) is 1. The predicted molar refractivity (Wildman–Crippen MR) is 80.3 cm³/mol. The zero-order valence-corrected chi connectivity index (χ0v) is 12.9. The third-order valence-corrected chi connectivity index (χ3v) is 5.48. The highest BCUT2D eigenvalue weighted by atomic mass is 16.5. The molecule has 2 N–H and O–H groups in total. The number of hydrogen-bond acceptors (Lipinski definition) is 3. The molecule has 1 saturated heterocycles. The van der Waals surface area contributed by atoms with Crippen molar-refractivity contribution in [3.63, 3.8) is 0 Å². The summed E-state index contributed by atoms with van der Waals surface area (Å²) in [7, 11) is 0. The van der Waals surface area contributed by atoms with Crippen LogP contribution in [0.5, 0.6) is 0 Å². The van der Waals surface area contributed by atoms with Crippen LogP contribution in [0.2, 0.25) is 0 Å². The van der Waals surface area contributed by atoms with Crippen LogP contribution in [0, 0.1) is 5.92 Å². The van der Waals surface area contributed by atoms with Gasteiger partial charge in [-0.3, -0.25) is 4.90 Å². The number of rotatable bonds is 6. The molecule has 3 atom stereocenters. The van der Waals surface area contributed by atoms with Crippen LogP contribution in [-0.2, 0) is 4.74 Å². The van der Waals surface area contributed by atoms with Gasteiger partial charge in [0.1, 0.15) is 0 Å². The number of ether oxygens (including phenoxy) is 1. The summed E-state index contributed by atoms with van der Waals surface area (Å²) in [6.07, 6.45) is 9.54. The van der Waals surface area contributed by atoms with Crippen molar-refractivity contribution >= 4 is 0 Å². The molecule has 1 aliphatic carbocycles. The van der Waals surface area contributed by atoms with Gasteiger partial charge < -0.3 is 10.5 Å². The molecule has 1 aliphatic heterocycles. The maximum atomic E-state index is 6.27. The molecule has 1 heterocycles. The van der Waals surface area contributed by atoms with E-state index in [1.165, 1.54) is 44.9 Å². The van der Waals surface area contributed by atoms with E-state index in [0.29, 0.717) is 6.10 Å². The molecule has 1 saturated carbocycles. The quantitative estimate of drug-likeness (QED) is 0.805. The maximum absolute atomic E-state index is 6.27. The number of hydrogen-bond donors (Lipinski definition) is 1. The summed E-state index contributed by atoms with van der Waals surface area (Å²) in [6, 6.07) is 0. The van der Waals surface area contributed by atoms with Crippen molar-refractivity contribution in [2.45, 2.75) is 70.4 Å². The highest BCUT2D eigenvalue weighted by Gasteiger charge is 2.43. The molecule has 2 fully saturated rings. The van der Waals surface area contributed by atoms with Crippen LogP contribution >= 0.6 is 0 Å². The SMILES string of the molecule is CCC1CCCCC1(CN)N(CC)CC1CCCO1. The topological polar surface area (TPSA) is 38.5 Å². The Morgan fingerprint density at radius 1 is 1.21 bits per heavy atom. The molecule has 0 radical (unpaired) electrons. The van der Waals surface area contributed by atoms with E-state index in [0.717, 1.165) is 32.2 Å². The fourth-order valence-electron chi connectivity index (χ4n) is 4.35. The van der Waals surface area contributed by atoms with E-state index in [-0.39, 0.29) is 5.54 Å². The van der Waals surface area contributed by atoms with E-state index in [1.807, 2.05) is 0 Å². The molecule has 0 aromatic carbocycles. The first-order valence-electron chi connectivity index (χ1n) is 8.33. The highest BCUT2D eigenvalue weighted by Crippen LogP contribution is 2.40. The van der Waals surface area contributed by atoms with Crippen LogP contribution in [0.25, 0.3) is 0 Å². The maximum Gasteiger partial charge on any atom is 0.0703 e. The third-order valence-electron chi connectivity index (χ3n) is 5.48. The van der Waals surface area contributed by atoms with Crippen molar-refractivity contribution in [2.24, 2.45) is 11.7 Å². The Kier molecular flexibility index (Phi) is 5.67. The van der Waals surface area contributed by atoms with Gasteiger partial charge in [0.25, 0.3) is 0 Å². The second-order valence-electron chi connectivity index (χ2n) is 6.33. The molecule has 0 aromatic rings. The molecule has 2 aliphatic rings. The molecule has 0 aromatic heterocycles. The Hall–Kier alpha value is -0.120. The van der Waals surface area contributed by atoms with E-state index in [9.17, 15) is 0 Å². The van der Waals surface area contributed by atoms with Gasteiger partial charge in [-0.2, -0.15) is 0 Å². The summed E-state index contributed by atoms with van der Waals surface area (Å²) in [5.74, 6) is 0.771. The third kappa shape index (κ3) is 3.14. The van der Waals surface area contributed by atoms with Crippen molar-refractivity contribution in [3.8, 4) is 0 Å². The highest BCUT2D eigenvalue weighted by molar-refractivity contribution is 5.00. The van der Waals surface area contributed by atoms with Crippen LogP contribution in [0.4, 0.5) is 0 Å². The van der Waals surface area contributed by atoms with Gasteiger partial charge in [-0.25, -0.2) is 0 Å². The number of nitrogens with zero attached hydrogens (tertiary/aromatic N) is 1. The van der Waals surface area contributed by atoms with Crippen molar-refractivity contribution < 1.29 is 4.74 Å². The second-order valence-corrected chi connectivity index (χ2v) is 6.33. The molecule has 2 rings (SSSR count). The Bertz CT molecular complexity index is 265. The van der Waals surface area contributed by atoms with Crippen LogP contribution in [-0.4, -0.2) is 42.8 Å². The average molecular weight is 268 g/mol. The molecular weight excluding hydrogens is 236 g/mol. The van der Waals surface area contributed by atoms with Gasteiger partial charge in [-0.1, -0.05) is 33.1 Å². The average Bonchev–Trinajstić information content (AvgIpc) is 2.97. The largest absolute Gasteiger partial charge is 0.377 e. The predicted octanol–water partition coefficient (Wildman–Crippen LogP) is 2.79. The van der Waals surface area contributed by atoms with E-state index in [1.54, 1.807) is 0 Å².